The number of benzene rings is 3. The van der Waals surface area contributed by atoms with Gasteiger partial charge in [-0.25, -0.2) is 10.2 Å². The molecular weight excluding hydrogens is 448 g/mol. The molecule has 34 heavy (non-hydrogen) atoms. The number of nitro benzene ring substituents is 2. The van der Waals surface area contributed by atoms with Gasteiger partial charge in [-0.05, 0) is 42.0 Å². The number of hydrogen-bond donors (Lipinski definition) is 1. The Morgan fingerprint density at radius 2 is 1.65 bits per heavy atom. The first kappa shape index (κ1) is 23.5. The highest BCUT2D eigenvalue weighted by Crippen LogP contribution is 2.28. The maximum absolute atomic E-state index is 12.3. The average Bonchev–Trinajstić information content (AvgIpc) is 2.84. The smallest absolute Gasteiger partial charge is 0.343 e. The van der Waals surface area contributed by atoms with E-state index in [1.807, 2.05) is 0 Å². The van der Waals surface area contributed by atoms with Crippen LogP contribution in [0.5, 0.6) is 11.5 Å². The molecule has 0 aliphatic heterocycles. The standard InChI is InChI=1S/C22H16N4O8/c1-33-20-12-14(13-23-24-21(27)17-4-2-3-5-18(17)26(31)32)6-11-19(20)34-22(28)15-7-9-16(10-8-15)25(29)30/h2-13H,1H3,(H,24,27)/b23-13+. The molecule has 172 valence electrons. The van der Waals surface area contributed by atoms with Crippen LogP contribution in [0, 0.1) is 20.2 Å². The van der Waals surface area contributed by atoms with Gasteiger partial charge in [0, 0.05) is 18.2 Å². The molecule has 0 atom stereocenters. The van der Waals surface area contributed by atoms with Crippen LogP contribution in [0.4, 0.5) is 11.4 Å². The van der Waals surface area contributed by atoms with Crippen LogP contribution in [0.1, 0.15) is 26.3 Å². The summed E-state index contributed by atoms with van der Waals surface area (Å²) in [7, 11) is 1.36. The number of para-hydroxylation sites is 1. The number of non-ortho nitro benzene ring substituents is 1. The van der Waals surface area contributed by atoms with Crippen LogP contribution < -0.4 is 14.9 Å². The first-order chi connectivity index (χ1) is 16.3. The van der Waals surface area contributed by atoms with Crippen molar-refractivity contribution in [1.82, 2.24) is 5.43 Å². The van der Waals surface area contributed by atoms with Crippen molar-refractivity contribution in [1.29, 1.82) is 0 Å². The van der Waals surface area contributed by atoms with Gasteiger partial charge < -0.3 is 9.47 Å². The molecule has 12 nitrogen and oxygen atoms in total. The molecule has 0 aliphatic rings. The topological polar surface area (TPSA) is 163 Å². The molecule has 0 saturated carbocycles. The molecule has 0 fully saturated rings. The van der Waals surface area contributed by atoms with E-state index in [-0.39, 0.29) is 34.0 Å². The highest BCUT2D eigenvalue weighted by molar-refractivity contribution is 5.98. The molecule has 3 aromatic carbocycles. The Balaban J connectivity index is 1.69. The van der Waals surface area contributed by atoms with Crippen LogP contribution in [0.25, 0.3) is 0 Å². The van der Waals surface area contributed by atoms with Gasteiger partial charge in [0.05, 0.1) is 28.7 Å². The summed E-state index contributed by atoms with van der Waals surface area (Å²) in [6.07, 6.45) is 1.27. The molecular formula is C22H16N4O8. The normalized spacial score (nSPS) is 10.5. The van der Waals surface area contributed by atoms with Crippen molar-refractivity contribution in [2.24, 2.45) is 5.10 Å². The third kappa shape index (κ3) is 5.56. The minimum Gasteiger partial charge on any atom is -0.493 e. The molecule has 0 heterocycles. The van der Waals surface area contributed by atoms with Crippen molar-refractivity contribution >= 4 is 29.5 Å². The van der Waals surface area contributed by atoms with Crippen molar-refractivity contribution in [3.8, 4) is 11.5 Å². The number of hydrogen-bond acceptors (Lipinski definition) is 9. The zero-order valence-corrected chi connectivity index (χ0v) is 17.5. The van der Waals surface area contributed by atoms with Gasteiger partial charge in [0.15, 0.2) is 11.5 Å². The fourth-order valence-corrected chi connectivity index (χ4v) is 2.78. The van der Waals surface area contributed by atoms with Crippen molar-refractivity contribution in [3.63, 3.8) is 0 Å². The van der Waals surface area contributed by atoms with Gasteiger partial charge in [-0.15, -0.1) is 0 Å². The summed E-state index contributed by atoms with van der Waals surface area (Å²) in [5, 5.41) is 25.6. The van der Waals surface area contributed by atoms with Gasteiger partial charge in [0.1, 0.15) is 5.56 Å². The number of nitrogens with zero attached hydrogens (tertiary/aromatic N) is 3. The monoisotopic (exact) mass is 464 g/mol. The summed E-state index contributed by atoms with van der Waals surface area (Å²) in [4.78, 5) is 45.1. The molecule has 3 rings (SSSR count). The Bertz CT molecular complexity index is 1290. The summed E-state index contributed by atoms with van der Waals surface area (Å²) in [5.74, 6) is -1.23. The molecule has 0 bridgehead atoms. The van der Waals surface area contributed by atoms with Gasteiger partial charge >= 0.3 is 5.97 Å². The third-order valence-electron chi connectivity index (χ3n) is 4.43. The van der Waals surface area contributed by atoms with Gasteiger partial charge in [-0.1, -0.05) is 12.1 Å². The first-order valence-electron chi connectivity index (χ1n) is 9.51. The highest BCUT2D eigenvalue weighted by Gasteiger charge is 2.19. The van der Waals surface area contributed by atoms with Gasteiger partial charge in [0.25, 0.3) is 17.3 Å². The van der Waals surface area contributed by atoms with Crippen LogP contribution in [0.3, 0.4) is 0 Å². The van der Waals surface area contributed by atoms with E-state index in [1.165, 1.54) is 80.1 Å². The maximum atomic E-state index is 12.3. The minimum atomic E-state index is -0.760. The van der Waals surface area contributed by atoms with E-state index in [0.29, 0.717) is 5.56 Å². The number of rotatable bonds is 8. The predicted molar refractivity (Wildman–Crippen MR) is 119 cm³/mol. The number of methoxy groups -OCH3 is 1. The second kappa shape index (κ2) is 10.5. The number of esters is 1. The molecule has 3 aromatic rings. The van der Waals surface area contributed by atoms with Gasteiger partial charge in [-0.2, -0.15) is 5.10 Å². The fourth-order valence-electron chi connectivity index (χ4n) is 2.78. The number of carbonyl (C=O) groups excluding carboxylic acids is 2. The Labute approximate surface area is 191 Å². The number of ether oxygens (including phenoxy) is 2. The van der Waals surface area contributed by atoms with Crippen LogP contribution in [0.15, 0.2) is 71.8 Å². The highest BCUT2D eigenvalue weighted by atomic mass is 16.6. The molecule has 0 radical (unpaired) electrons. The van der Waals surface area contributed by atoms with E-state index >= 15 is 0 Å². The molecule has 0 aliphatic carbocycles. The van der Waals surface area contributed by atoms with Crippen LogP contribution in [0.2, 0.25) is 0 Å². The first-order valence-corrected chi connectivity index (χ1v) is 9.51. The van der Waals surface area contributed by atoms with Crippen molar-refractivity contribution in [2.45, 2.75) is 0 Å². The number of hydrazone groups is 1. The molecule has 1 N–H and O–H groups in total. The number of nitro groups is 2. The molecule has 0 spiro atoms. The summed E-state index contributed by atoms with van der Waals surface area (Å²) in [5.41, 5.74) is 2.13. The lowest BCUT2D eigenvalue weighted by molar-refractivity contribution is -0.385. The number of amides is 1. The fraction of sp³-hybridized carbons (Fsp3) is 0.0455. The Hall–Kier alpha value is -5.13. The summed E-state index contributed by atoms with van der Waals surface area (Å²) >= 11 is 0. The van der Waals surface area contributed by atoms with E-state index in [4.69, 9.17) is 9.47 Å². The van der Waals surface area contributed by atoms with E-state index in [0.717, 1.165) is 0 Å². The number of carbonyl (C=O) groups is 2. The SMILES string of the molecule is COc1cc(/C=N/NC(=O)c2ccccc2[N+](=O)[O-])ccc1OC(=O)c1ccc([N+](=O)[O-])cc1. The van der Waals surface area contributed by atoms with Crippen LogP contribution >= 0.6 is 0 Å². The molecule has 0 aromatic heterocycles. The zero-order chi connectivity index (χ0) is 24.7. The van der Waals surface area contributed by atoms with E-state index in [9.17, 15) is 29.8 Å². The lowest BCUT2D eigenvalue weighted by Gasteiger charge is -2.10. The second-order valence-electron chi connectivity index (χ2n) is 6.58. The molecule has 0 unspecified atom stereocenters. The quantitative estimate of drug-likeness (QED) is 0.174. The number of nitrogens with one attached hydrogen (secondary N) is 1. The largest absolute Gasteiger partial charge is 0.493 e. The zero-order valence-electron chi connectivity index (χ0n) is 17.5. The average molecular weight is 464 g/mol. The van der Waals surface area contributed by atoms with E-state index < -0.39 is 21.7 Å². The summed E-state index contributed by atoms with van der Waals surface area (Å²) in [6, 6.07) is 14.8. The van der Waals surface area contributed by atoms with Gasteiger partial charge in [0.2, 0.25) is 0 Å². The van der Waals surface area contributed by atoms with E-state index in [2.05, 4.69) is 10.5 Å². The third-order valence-corrected chi connectivity index (χ3v) is 4.43. The Kier molecular flexibility index (Phi) is 7.24. The predicted octanol–water partition coefficient (Wildman–Crippen LogP) is 3.49. The second-order valence-corrected chi connectivity index (χ2v) is 6.58. The van der Waals surface area contributed by atoms with Crippen LogP contribution in [-0.4, -0.2) is 35.0 Å². The van der Waals surface area contributed by atoms with Crippen molar-refractivity contribution < 1.29 is 28.9 Å². The maximum Gasteiger partial charge on any atom is 0.343 e. The Morgan fingerprint density at radius 1 is 0.941 bits per heavy atom. The van der Waals surface area contributed by atoms with Crippen molar-refractivity contribution in [2.75, 3.05) is 7.11 Å². The van der Waals surface area contributed by atoms with E-state index in [1.54, 1.807) is 0 Å². The Morgan fingerprint density at radius 3 is 2.29 bits per heavy atom. The van der Waals surface area contributed by atoms with Crippen molar-refractivity contribution in [3.05, 3.63) is 104 Å². The summed E-state index contributed by atoms with van der Waals surface area (Å²) < 4.78 is 10.5. The summed E-state index contributed by atoms with van der Waals surface area (Å²) in [6.45, 7) is 0. The molecule has 12 heteroatoms. The lowest BCUT2D eigenvalue weighted by Crippen LogP contribution is -2.18. The van der Waals surface area contributed by atoms with Gasteiger partial charge in [-0.3, -0.25) is 25.0 Å². The lowest BCUT2D eigenvalue weighted by atomic mass is 10.2. The molecule has 0 saturated heterocycles. The minimum absolute atomic E-state index is 0.0898. The molecule has 1 amide bonds. The van der Waals surface area contributed by atoms with Crippen LogP contribution in [-0.2, 0) is 0 Å².